The molecule has 9 heteroatoms. The number of para-hydroxylation sites is 1. The molecule has 3 nitrogen and oxygen atoms in total. The fourth-order valence-corrected chi connectivity index (χ4v) is 2.14. The zero-order valence-corrected chi connectivity index (χ0v) is 9.58. The summed E-state index contributed by atoms with van der Waals surface area (Å²) in [7, 11) is 0.565. The normalized spacial score (nSPS) is 12.6. The summed E-state index contributed by atoms with van der Waals surface area (Å²) in [6, 6.07) is 3.05. The maximum Gasteiger partial charge on any atom is 0.573 e. The number of halogens is 5. The van der Waals surface area contributed by atoms with Gasteiger partial charge < -0.3 is 4.74 Å². The summed E-state index contributed by atoms with van der Waals surface area (Å²) >= 11 is 5.39. The Balaban J connectivity index is 3.36. The highest BCUT2D eigenvalue weighted by Crippen LogP contribution is 2.37. The van der Waals surface area contributed by atoms with Gasteiger partial charge in [-0.15, -0.1) is 13.2 Å². The van der Waals surface area contributed by atoms with Crippen molar-refractivity contribution >= 4 is 31.3 Å². The van der Waals surface area contributed by atoms with E-state index in [0.29, 0.717) is 0 Å². The number of rotatable bonds is 2. The Hall–Kier alpha value is -0.660. The highest BCUT2D eigenvalue weighted by Gasteiger charge is 2.35. The maximum absolute atomic E-state index is 12.0. The van der Waals surface area contributed by atoms with Crippen LogP contribution in [0.5, 0.6) is 5.75 Å². The molecule has 0 aliphatic rings. The Bertz CT molecular complexity index is 498. The number of hydrogen-bond acceptors (Lipinski definition) is 3. The molecule has 0 N–H and O–H groups in total. The third-order valence-electron chi connectivity index (χ3n) is 1.41. The van der Waals surface area contributed by atoms with Crippen molar-refractivity contribution in [3.05, 3.63) is 23.2 Å². The molecule has 1 rings (SSSR count). The molecule has 1 aromatic rings. The van der Waals surface area contributed by atoms with Crippen molar-refractivity contribution in [1.29, 1.82) is 0 Å². The SMILES string of the molecule is O=S(=O)(Cl)c1cccc(Cl)c1OC(F)(F)F. The second kappa shape index (κ2) is 4.31. The lowest BCUT2D eigenvalue weighted by Crippen LogP contribution is -2.18. The van der Waals surface area contributed by atoms with Crippen LogP contribution in [0.15, 0.2) is 23.1 Å². The van der Waals surface area contributed by atoms with Crippen molar-refractivity contribution < 1.29 is 26.3 Å². The topological polar surface area (TPSA) is 43.4 Å². The molecule has 0 unspecified atom stereocenters. The van der Waals surface area contributed by atoms with Crippen LogP contribution in [-0.2, 0) is 9.05 Å². The summed E-state index contributed by atoms with van der Waals surface area (Å²) in [6.07, 6.45) is -5.05. The van der Waals surface area contributed by atoms with Gasteiger partial charge in [-0.1, -0.05) is 17.7 Å². The predicted molar refractivity (Wildman–Crippen MR) is 51.2 cm³/mol. The van der Waals surface area contributed by atoms with Gasteiger partial charge in [0.15, 0.2) is 5.75 Å². The van der Waals surface area contributed by atoms with Crippen LogP contribution in [0.1, 0.15) is 0 Å². The zero-order valence-electron chi connectivity index (χ0n) is 7.25. The maximum atomic E-state index is 12.0. The Morgan fingerprint density at radius 2 is 1.81 bits per heavy atom. The minimum Gasteiger partial charge on any atom is -0.403 e. The van der Waals surface area contributed by atoms with Crippen LogP contribution in [-0.4, -0.2) is 14.8 Å². The molecule has 0 radical (unpaired) electrons. The Kier molecular flexibility index (Phi) is 3.61. The van der Waals surface area contributed by atoms with E-state index in [1.165, 1.54) is 0 Å². The monoisotopic (exact) mass is 294 g/mol. The van der Waals surface area contributed by atoms with Crippen molar-refractivity contribution in [1.82, 2.24) is 0 Å². The smallest absolute Gasteiger partial charge is 0.403 e. The first-order valence-electron chi connectivity index (χ1n) is 3.60. The van der Waals surface area contributed by atoms with E-state index in [0.717, 1.165) is 18.2 Å². The fourth-order valence-electron chi connectivity index (χ4n) is 0.896. The van der Waals surface area contributed by atoms with Crippen LogP contribution in [0.2, 0.25) is 5.02 Å². The second-order valence-electron chi connectivity index (χ2n) is 2.55. The minimum atomic E-state index is -5.05. The van der Waals surface area contributed by atoms with E-state index in [1.807, 2.05) is 0 Å². The van der Waals surface area contributed by atoms with Crippen molar-refractivity contribution in [2.45, 2.75) is 11.3 Å². The van der Waals surface area contributed by atoms with E-state index in [1.54, 1.807) is 0 Å². The van der Waals surface area contributed by atoms with E-state index in [9.17, 15) is 21.6 Å². The van der Waals surface area contributed by atoms with Crippen LogP contribution >= 0.6 is 22.3 Å². The van der Waals surface area contributed by atoms with E-state index < -0.39 is 31.1 Å². The van der Waals surface area contributed by atoms with Crippen molar-refractivity contribution in [2.75, 3.05) is 0 Å². The first kappa shape index (κ1) is 13.4. The van der Waals surface area contributed by atoms with Crippen LogP contribution in [0.4, 0.5) is 13.2 Å². The zero-order chi connectivity index (χ0) is 12.6. The summed E-state index contributed by atoms with van der Waals surface area (Å²) in [5.41, 5.74) is 0. The molecule has 0 aromatic heterocycles. The van der Waals surface area contributed by atoms with Gasteiger partial charge in [0, 0.05) is 10.7 Å². The van der Waals surface area contributed by atoms with Gasteiger partial charge in [-0.3, -0.25) is 0 Å². The highest BCUT2D eigenvalue weighted by atomic mass is 35.7. The van der Waals surface area contributed by atoms with Gasteiger partial charge >= 0.3 is 6.36 Å². The van der Waals surface area contributed by atoms with Crippen LogP contribution in [0.25, 0.3) is 0 Å². The number of ether oxygens (including phenoxy) is 1. The van der Waals surface area contributed by atoms with Gasteiger partial charge in [0.25, 0.3) is 9.05 Å². The van der Waals surface area contributed by atoms with Gasteiger partial charge in [0.1, 0.15) is 4.90 Å². The molecule has 0 spiro atoms. The minimum absolute atomic E-state index is 0.501. The van der Waals surface area contributed by atoms with Crippen LogP contribution in [0.3, 0.4) is 0 Å². The third-order valence-corrected chi connectivity index (χ3v) is 3.05. The van der Waals surface area contributed by atoms with E-state index >= 15 is 0 Å². The molecular formula is C7H3Cl2F3O3S. The molecule has 0 amide bonds. The Labute approximate surface area is 98.1 Å². The molecule has 0 saturated heterocycles. The van der Waals surface area contributed by atoms with Crippen molar-refractivity contribution in [3.63, 3.8) is 0 Å². The third kappa shape index (κ3) is 3.43. The first-order valence-corrected chi connectivity index (χ1v) is 6.29. The lowest BCUT2D eigenvalue weighted by atomic mass is 10.3. The van der Waals surface area contributed by atoms with Gasteiger partial charge in [-0.2, -0.15) is 0 Å². The molecule has 0 heterocycles. The average molecular weight is 295 g/mol. The Morgan fingerprint density at radius 1 is 1.25 bits per heavy atom. The molecular weight excluding hydrogens is 292 g/mol. The van der Waals surface area contributed by atoms with E-state index in [2.05, 4.69) is 4.74 Å². The largest absolute Gasteiger partial charge is 0.573 e. The van der Waals surface area contributed by atoms with Gasteiger partial charge in [-0.25, -0.2) is 8.42 Å². The molecule has 0 aliphatic heterocycles. The quantitative estimate of drug-likeness (QED) is 0.787. The fraction of sp³-hybridized carbons (Fsp3) is 0.143. The van der Waals surface area contributed by atoms with Gasteiger partial charge in [0.2, 0.25) is 0 Å². The number of benzene rings is 1. The first-order chi connectivity index (χ1) is 7.11. The predicted octanol–water partition coefficient (Wildman–Crippen LogP) is 3.17. The lowest BCUT2D eigenvalue weighted by Gasteiger charge is -2.12. The van der Waals surface area contributed by atoms with Crippen molar-refractivity contribution in [2.24, 2.45) is 0 Å². The number of hydrogen-bond donors (Lipinski definition) is 0. The van der Waals surface area contributed by atoms with Crippen LogP contribution in [0, 0.1) is 0 Å². The average Bonchev–Trinajstić information content (AvgIpc) is 2.04. The molecule has 16 heavy (non-hydrogen) atoms. The lowest BCUT2D eigenvalue weighted by molar-refractivity contribution is -0.275. The molecule has 0 bridgehead atoms. The summed E-state index contributed by atoms with van der Waals surface area (Å²) in [4.78, 5) is -0.834. The summed E-state index contributed by atoms with van der Waals surface area (Å²) in [5.74, 6) is -1.04. The molecule has 1 aromatic carbocycles. The van der Waals surface area contributed by atoms with Crippen molar-refractivity contribution in [3.8, 4) is 5.75 Å². The molecule has 90 valence electrons. The second-order valence-corrected chi connectivity index (χ2v) is 5.49. The standard InChI is InChI=1S/C7H3Cl2F3O3S/c8-4-2-1-3-5(16(9,13)14)6(4)15-7(10,11)12/h1-3H. The molecule has 0 saturated carbocycles. The van der Waals surface area contributed by atoms with Gasteiger partial charge in [-0.05, 0) is 12.1 Å². The van der Waals surface area contributed by atoms with Crippen LogP contribution < -0.4 is 4.74 Å². The van der Waals surface area contributed by atoms with Gasteiger partial charge in [0.05, 0.1) is 5.02 Å². The molecule has 0 aliphatic carbocycles. The molecule has 0 atom stereocenters. The molecule has 0 fully saturated rings. The van der Waals surface area contributed by atoms with E-state index in [4.69, 9.17) is 22.3 Å². The Morgan fingerprint density at radius 3 is 2.25 bits per heavy atom. The summed E-state index contributed by atoms with van der Waals surface area (Å²) in [6.45, 7) is 0. The number of alkyl halides is 3. The van der Waals surface area contributed by atoms with E-state index in [-0.39, 0.29) is 0 Å². The highest BCUT2D eigenvalue weighted by molar-refractivity contribution is 8.13. The summed E-state index contributed by atoms with van der Waals surface area (Å²) in [5, 5.41) is -0.501. The summed E-state index contributed by atoms with van der Waals surface area (Å²) < 4.78 is 61.3.